The number of fused-ring (bicyclic) bond motifs is 1. The summed E-state index contributed by atoms with van der Waals surface area (Å²) in [5, 5.41) is 3.55. The van der Waals surface area contributed by atoms with Gasteiger partial charge >= 0.3 is 5.69 Å². The second-order valence-electron chi connectivity index (χ2n) is 6.92. The van der Waals surface area contributed by atoms with Crippen molar-refractivity contribution in [2.45, 2.75) is 33.7 Å². The van der Waals surface area contributed by atoms with Gasteiger partial charge < -0.3 is 5.32 Å². The molecule has 1 N–H and O–H groups in total. The van der Waals surface area contributed by atoms with Crippen LogP contribution in [0.3, 0.4) is 0 Å². The third-order valence-electron chi connectivity index (χ3n) is 4.79. The molecule has 8 heteroatoms. The summed E-state index contributed by atoms with van der Waals surface area (Å²) < 4.78 is 2.26. The summed E-state index contributed by atoms with van der Waals surface area (Å²) in [5.41, 5.74) is 1.94. The van der Waals surface area contributed by atoms with Crippen molar-refractivity contribution in [1.82, 2.24) is 14.1 Å². The van der Waals surface area contributed by atoms with Gasteiger partial charge in [0.25, 0.3) is 5.56 Å². The number of hydrogen-bond donors (Lipinski definition) is 1. The van der Waals surface area contributed by atoms with Crippen LogP contribution in [0.1, 0.15) is 29.8 Å². The number of aryl methyl sites for hydroxylation is 4. The molecule has 0 radical (unpaired) electrons. The predicted molar refractivity (Wildman–Crippen MR) is 110 cm³/mol. The number of carbonyl (C=O) groups is 1. The van der Waals surface area contributed by atoms with E-state index < -0.39 is 23.2 Å². The molecule has 0 spiro atoms. The minimum absolute atomic E-state index is 0.307. The number of nitrogens with zero attached hydrogens (tertiary/aromatic N) is 3. The zero-order valence-corrected chi connectivity index (χ0v) is 17.1. The molecule has 28 heavy (non-hydrogen) atoms. The first-order valence-electron chi connectivity index (χ1n) is 8.78. The zero-order chi connectivity index (χ0) is 20.7. The van der Waals surface area contributed by atoms with Gasteiger partial charge in [-0.15, -0.1) is 0 Å². The number of nitrogens with one attached hydrogen (secondary N) is 1. The fraction of sp³-hybridized carbons (Fsp3) is 0.300. The van der Waals surface area contributed by atoms with E-state index in [9.17, 15) is 14.4 Å². The summed E-state index contributed by atoms with van der Waals surface area (Å²) in [4.78, 5) is 43.0. The molecule has 0 saturated carbocycles. The van der Waals surface area contributed by atoms with E-state index in [0.29, 0.717) is 33.0 Å². The Morgan fingerprint density at radius 3 is 2.50 bits per heavy atom. The molecule has 0 aliphatic carbocycles. The van der Waals surface area contributed by atoms with Crippen LogP contribution >= 0.6 is 11.6 Å². The van der Waals surface area contributed by atoms with Gasteiger partial charge in [-0.3, -0.25) is 14.2 Å². The van der Waals surface area contributed by atoms with Gasteiger partial charge in [-0.1, -0.05) is 17.7 Å². The van der Waals surface area contributed by atoms with E-state index in [2.05, 4.69) is 10.3 Å². The molecule has 3 aromatic rings. The van der Waals surface area contributed by atoms with Gasteiger partial charge in [0.15, 0.2) is 0 Å². The van der Waals surface area contributed by atoms with Crippen LogP contribution in [0.5, 0.6) is 0 Å². The van der Waals surface area contributed by atoms with Crippen molar-refractivity contribution in [1.29, 1.82) is 0 Å². The zero-order valence-electron chi connectivity index (χ0n) is 16.3. The van der Waals surface area contributed by atoms with Crippen LogP contribution in [0, 0.1) is 20.8 Å². The standard InChI is InChI=1S/C20H21ClN4O3/c1-10-6-7-14(21)9-15(10)23-18(26)13(4)25-19(27)16-11(2)8-12(3)22-17(16)24(5)20(25)28/h6-9,13H,1-5H3,(H,23,26)/t13-/m1/s1. The SMILES string of the molecule is Cc1cc(C)c2c(=O)n([C@H](C)C(=O)Nc3cc(Cl)ccc3C)c(=O)n(C)c2n1. The number of rotatable bonds is 3. The van der Waals surface area contributed by atoms with Crippen LogP contribution in [-0.4, -0.2) is 20.0 Å². The van der Waals surface area contributed by atoms with Gasteiger partial charge in [0.2, 0.25) is 5.91 Å². The molecule has 7 nitrogen and oxygen atoms in total. The van der Waals surface area contributed by atoms with E-state index in [-0.39, 0.29) is 0 Å². The summed E-state index contributed by atoms with van der Waals surface area (Å²) in [7, 11) is 1.54. The minimum Gasteiger partial charge on any atom is -0.324 e. The quantitative estimate of drug-likeness (QED) is 0.732. The highest BCUT2D eigenvalue weighted by molar-refractivity contribution is 6.31. The number of amides is 1. The molecule has 146 valence electrons. The van der Waals surface area contributed by atoms with Crippen molar-refractivity contribution in [3.63, 3.8) is 0 Å². The summed E-state index contributed by atoms with van der Waals surface area (Å²) in [6, 6.07) is 5.88. The first-order valence-corrected chi connectivity index (χ1v) is 9.16. The van der Waals surface area contributed by atoms with Crippen LogP contribution in [0.15, 0.2) is 33.9 Å². The second-order valence-corrected chi connectivity index (χ2v) is 7.36. The summed E-state index contributed by atoms with van der Waals surface area (Å²) in [6.45, 7) is 6.93. The molecule has 0 aliphatic heterocycles. The fourth-order valence-electron chi connectivity index (χ4n) is 3.21. The highest BCUT2D eigenvalue weighted by atomic mass is 35.5. The minimum atomic E-state index is -1.02. The lowest BCUT2D eigenvalue weighted by Gasteiger charge is -2.18. The first-order chi connectivity index (χ1) is 13.1. The molecule has 1 amide bonds. The largest absolute Gasteiger partial charge is 0.333 e. The molecule has 1 atom stereocenters. The highest BCUT2D eigenvalue weighted by Crippen LogP contribution is 2.21. The third-order valence-corrected chi connectivity index (χ3v) is 5.03. The maximum absolute atomic E-state index is 13.1. The Labute approximate surface area is 166 Å². The van der Waals surface area contributed by atoms with Gasteiger partial charge in [-0.2, -0.15) is 0 Å². The van der Waals surface area contributed by atoms with E-state index in [1.165, 1.54) is 18.5 Å². The molecule has 2 aromatic heterocycles. The fourth-order valence-corrected chi connectivity index (χ4v) is 3.38. The molecule has 3 rings (SSSR count). The number of halogens is 1. The normalized spacial score (nSPS) is 12.2. The summed E-state index contributed by atoms with van der Waals surface area (Å²) in [5.74, 6) is -0.485. The lowest BCUT2D eigenvalue weighted by atomic mass is 10.1. The Bertz CT molecular complexity index is 1230. The molecule has 0 saturated heterocycles. The van der Waals surface area contributed by atoms with Gasteiger partial charge in [0.1, 0.15) is 11.7 Å². The molecular formula is C20H21ClN4O3. The Morgan fingerprint density at radius 1 is 1.14 bits per heavy atom. The number of anilines is 1. The average molecular weight is 401 g/mol. The second kappa shape index (κ2) is 7.24. The van der Waals surface area contributed by atoms with E-state index in [1.54, 1.807) is 38.1 Å². The van der Waals surface area contributed by atoms with Crippen molar-refractivity contribution in [2.24, 2.45) is 7.05 Å². The molecule has 0 fully saturated rings. The van der Waals surface area contributed by atoms with Crippen LogP contribution < -0.4 is 16.6 Å². The van der Waals surface area contributed by atoms with E-state index in [4.69, 9.17) is 11.6 Å². The summed E-state index contributed by atoms with van der Waals surface area (Å²) in [6.07, 6.45) is 0. The third kappa shape index (κ3) is 3.33. The maximum Gasteiger partial charge on any atom is 0.333 e. The van der Waals surface area contributed by atoms with Crippen molar-refractivity contribution >= 4 is 34.2 Å². The number of benzene rings is 1. The number of aromatic nitrogens is 3. The molecule has 0 unspecified atom stereocenters. The van der Waals surface area contributed by atoms with Gasteiger partial charge in [0.05, 0.1) is 5.39 Å². The van der Waals surface area contributed by atoms with Crippen molar-refractivity contribution in [3.8, 4) is 0 Å². The van der Waals surface area contributed by atoms with Crippen LogP contribution in [0.25, 0.3) is 11.0 Å². The molecule has 2 heterocycles. The lowest BCUT2D eigenvalue weighted by Crippen LogP contribution is -2.44. The lowest BCUT2D eigenvalue weighted by molar-refractivity contribution is -0.119. The Balaban J connectivity index is 2.13. The predicted octanol–water partition coefficient (Wildman–Crippen LogP) is 2.87. The van der Waals surface area contributed by atoms with E-state index >= 15 is 0 Å². The first kappa shape index (κ1) is 19.8. The maximum atomic E-state index is 13.1. The van der Waals surface area contributed by atoms with Gasteiger partial charge in [0, 0.05) is 23.5 Å². The Kier molecular flexibility index (Phi) is 5.12. The average Bonchev–Trinajstić information content (AvgIpc) is 2.62. The monoisotopic (exact) mass is 400 g/mol. The van der Waals surface area contributed by atoms with E-state index in [1.807, 2.05) is 6.92 Å². The van der Waals surface area contributed by atoms with Crippen molar-refractivity contribution in [2.75, 3.05) is 5.32 Å². The Hall–Kier alpha value is -2.93. The van der Waals surface area contributed by atoms with Crippen LogP contribution in [-0.2, 0) is 11.8 Å². The van der Waals surface area contributed by atoms with Crippen molar-refractivity contribution in [3.05, 3.63) is 66.9 Å². The van der Waals surface area contributed by atoms with Gasteiger partial charge in [-0.05, 0) is 57.0 Å². The number of pyridine rings is 1. The molecule has 0 bridgehead atoms. The topological polar surface area (TPSA) is 86.0 Å². The number of hydrogen-bond acceptors (Lipinski definition) is 4. The smallest absolute Gasteiger partial charge is 0.324 e. The summed E-state index contributed by atoms with van der Waals surface area (Å²) >= 11 is 6.00. The Morgan fingerprint density at radius 2 is 1.82 bits per heavy atom. The van der Waals surface area contributed by atoms with Gasteiger partial charge in [-0.25, -0.2) is 14.3 Å². The highest BCUT2D eigenvalue weighted by Gasteiger charge is 2.23. The van der Waals surface area contributed by atoms with E-state index in [0.717, 1.165) is 10.1 Å². The number of carbonyl (C=O) groups excluding carboxylic acids is 1. The van der Waals surface area contributed by atoms with Crippen molar-refractivity contribution < 1.29 is 4.79 Å². The van der Waals surface area contributed by atoms with Crippen LogP contribution in [0.4, 0.5) is 5.69 Å². The molecule has 0 aliphatic rings. The molecule has 1 aromatic carbocycles. The molecular weight excluding hydrogens is 380 g/mol. The van der Waals surface area contributed by atoms with Crippen LogP contribution in [0.2, 0.25) is 5.02 Å².